The molecule has 10 rings (SSSR count). The van der Waals surface area contributed by atoms with Crippen molar-refractivity contribution in [3.05, 3.63) is 175 Å². The van der Waals surface area contributed by atoms with Crippen molar-refractivity contribution >= 4 is 21.9 Å². The van der Waals surface area contributed by atoms with Gasteiger partial charge in [-0.15, -0.1) is 0 Å². The van der Waals surface area contributed by atoms with Crippen LogP contribution in [0.15, 0.2) is 168 Å². The van der Waals surface area contributed by atoms with E-state index in [-0.39, 0.29) is 5.41 Å². The van der Waals surface area contributed by atoms with Crippen molar-refractivity contribution in [2.24, 2.45) is 0 Å². The van der Waals surface area contributed by atoms with Gasteiger partial charge in [-0.2, -0.15) is 0 Å². The van der Waals surface area contributed by atoms with Crippen LogP contribution in [0.3, 0.4) is 0 Å². The molecule has 246 valence electrons. The Hall–Kier alpha value is -6.65. The molecule has 2 heterocycles. The van der Waals surface area contributed by atoms with Gasteiger partial charge in [0.15, 0.2) is 17.5 Å². The minimum atomic E-state index is -0.0124. The van der Waals surface area contributed by atoms with E-state index in [9.17, 15) is 0 Å². The van der Waals surface area contributed by atoms with Crippen LogP contribution < -0.4 is 0 Å². The summed E-state index contributed by atoms with van der Waals surface area (Å²) in [6.07, 6.45) is 0. The van der Waals surface area contributed by atoms with E-state index in [0.29, 0.717) is 17.5 Å². The Morgan fingerprint density at radius 1 is 0.385 bits per heavy atom. The third kappa shape index (κ3) is 4.87. The van der Waals surface area contributed by atoms with Gasteiger partial charge in [-0.05, 0) is 74.8 Å². The summed E-state index contributed by atoms with van der Waals surface area (Å²) in [7, 11) is 0. The van der Waals surface area contributed by atoms with Crippen LogP contribution in [0, 0.1) is 0 Å². The molecule has 4 nitrogen and oxygen atoms in total. The topological polar surface area (TPSA) is 51.8 Å². The van der Waals surface area contributed by atoms with Gasteiger partial charge in [-0.1, -0.05) is 147 Å². The van der Waals surface area contributed by atoms with E-state index in [1.54, 1.807) is 0 Å². The van der Waals surface area contributed by atoms with Gasteiger partial charge >= 0.3 is 0 Å². The molecule has 0 saturated heterocycles. The molecule has 52 heavy (non-hydrogen) atoms. The largest absolute Gasteiger partial charge is 0.456 e. The molecule has 0 N–H and O–H groups in total. The monoisotopic (exact) mass is 667 g/mol. The maximum Gasteiger partial charge on any atom is 0.164 e. The molecule has 0 atom stereocenters. The van der Waals surface area contributed by atoms with E-state index in [4.69, 9.17) is 19.4 Å². The maximum atomic E-state index is 6.45. The van der Waals surface area contributed by atoms with Crippen LogP contribution in [0.2, 0.25) is 0 Å². The molecule has 0 radical (unpaired) electrons. The SMILES string of the molecule is CC1(C)c2ccccc2-c2cc(-c3cccc(-c4ccc5oc6cccc(-c7nc(-c8ccccc8)nc(-c8ccccc8)n7)c6c5c4)c3)ccc21. The van der Waals surface area contributed by atoms with Gasteiger partial charge in [0.1, 0.15) is 11.2 Å². The fraction of sp³-hybridized carbons (Fsp3) is 0.0625. The predicted octanol–water partition coefficient (Wildman–Crippen LogP) is 12.4. The first-order valence-electron chi connectivity index (χ1n) is 17.7. The van der Waals surface area contributed by atoms with Crippen molar-refractivity contribution in [1.82, 2.24) is 15.0 Å². The Morgan fingerprint density at radius 2 is 0.923 bits per heavy atom. The molecule has 0 bridgehead atoms. The standard InChI is InChI=1S/C48H33N3O/c1-48(2)40-21-10-9-19-36(40)38-28-34(23-25-41(38)48)32-17-11-18-33(27-32)35-24-26-42-39(29-35)44-37(20-12-22-43(44)52-42)47-50-45(30-13-5-3-6-14-30)49-46(51-47)31-15-7-4-8-16-31/h3-29H,1-2H3. The van der Waals surface area contributed by atoms with Crippen molar-refractivity contribution in [2.75, 3.05) is 0 Å². The van der Waals surface area contributed by atoms with Crippen molar-refractivity contribution in [3.8, 4) is 67.5 Å². The number of rotatable bonds is 5. The second kappa shape index (κ2) is 11.7. The Bertz CT molecular complexity index is 2760. The molecule has 7 aromatic carbocycles. The van der Waals surface area contributed by atoms with Crippen LogP contribution >= 0.6 is 0 Å². The summed E-state index contributed by atoms with van der Waals surface area (Å²) >= 11 is 0. The summed E-state index contributed by atoms with van der Waals surface area (Å²) in [6.45, 7) is 4.65. The van der Waals surface area contributed by atoms with Crippen LogP contribution in [0.1, 0.15) is 25.0 Å². The molecule has 0 amide bonds. The smallest absolute Gasteiger partial charge is 0.164 e. The number of hydrogen-bond donors (Lipinski definition) is 0. The van der Waals surface area contributed by atoms with Gasteiger partial charge in [0.05, 0.1) is 0 Å². The summed E-state index contributed by atoms with van der Waals surface area (Å²) in [5, 5.41) is 2.01. The molecular formula is C48H33N3O. The predicted molar refractivity (Wildman–Crippen MR) is 212 cm³/mol. The first kappa shape index (κ1) is 30.2. The van der Waals surface area contributed by atoms with Crippen molar-refractivity contribution in [3.63, 3.8) is 0 Å². The lowest BCUT2D eigenvalue weighted by Gasteiger charge is -2.21. The summed E-state index contributed by atoms with van der Waals surface area (Å²) in [4.78, 5) is 15.0. The number of fused-ring (bicyclic) bond motifs is 6. The average molecular weight is 668 g/mol. The lowest BCUT2D eigenvalue weighted by Crippen LogP contribution is -2.14. The van der Waals surface area contributed by atoms with Gasteiger partial charge in [-0.25, -0.2) is 15.0 Å². The van der Waals surface area contributed by atoms with Crippen LogP contribution in [0.25, 0.3) is 89.5 Å². The van der Waals surface area contributed by atoms with Crippen LogP contribution in [0.4, 0.5) is 0 Å². The van der Waals surface area contributed by atoms with Crippen molar-refractivity contribution in [1.29, 1.82) is 0 Å². The number of nitrogens with zero attached hydrogens (tertiary/aromatic N) is 3. The maximum absolute atomic E-state index is 6.45. The molecule has 0 aliphatic heterocycles. The zero-order valence-corrected chi connectivity index (χ0v) is 28.8. The number of furan rings is 1. The van der Waals surface area contributed by atoms with Gasteiger partial charge in [-0.3, -0.25) is 0 Å². The van der Waals surface area contributed by atoms with E-state index >= 15 is 0 Å². The Labute approximate surface area is 302 Å². The highest BCUT2D eigenvalue weighted by atomic mass is 16.3. The Balaban J connectivity index is 1.10. The minimum absolute atomic E-state index is 0.0124. The Morgan fingerprint density at radius 3 is 1.65 bits per heavy atom. The fourth-order valence-electron chi connectivity index (χ4n) is 7.90. The zero-order chi connectivity index (χ0) is 34.8. The third-order valence-corrected chi connectivity index (χ3v) is 10.5. The lowest BCUT2D eigenvalue weighted by atomic mass is 9.82. The zero-order valence-electron chi connectivity index (χ0n) is 28.8. The lowest BCUT2D eigenvalue weighted by molar-refractivity contribution is 0.660. The van der Waals surface area contributed by atoms with Crippen LogP contribution in [0.5, 0.6) is 0 Å². The average Bonchev–Trinajstić information content (AvgIpc) is 3.70. The van der Waals surface area contributed by atoms with E-state index in [2.05, 4.69) is 105 Å². The normalized spacial score (nSPS) is 13.0. The van der Waals surface area contributed by atoms with Crippen LogP contribution in [-0.2, 0) is 5.41 Å². The van der Waals surface area contributed by atoms with Gasteiger partial charge < -0.3 is 4.42 Å². The summed E-state index contributed by atoms with van der Waals surface area (Å²) in [5.74, 6) is 1.87. The molecule has 2 aromatic heterocycles. The van der Waals surface area contributed by atoms with Crippen molar-refractivity contribution in [2.45, 2.75) is 19.3 Å². The highest BCUT2D eigenvalue weighted by Gasteiger charge is 2.35. The molecule has 0 spiro atoms. The molecule has 1 aliphatic carbocycles. The first-order chi connectivity index (χ1) is 25.5. The quantitative estimate of drug-likeness (QED) is 0.183. The van der Waals surface area contributed by atoms with Crippen molar-refractivity contribution < 1.29 is 4.42 Å². The molecule has 4 heteroatoms. The molecule has 1 aliphatic rings. The fourth-order valence-corrected chi connectivity index (χ4v) is 7.90. The van der Waals surface area contributed by atoms with Crippen LogP contribution in [-0.4, -0.2) is 15.0 Å². The summed E-state index contributed by atoms with van der Waals surface area (Å²) < 4.78 is 6.45. The summed E-state index contributed by atoms with van der Waals surface area (Å²) in [6, 6.07) is 57.3. The second-order valence-corrected chi connectivity index (χ2v) is 14.0. The number of hydrogen-bond acceptors (Lipinski definition) is 4. The van der Waals surface area contributed by atoms with E-state index in [1.165, 1.54) is 33.4 Å². The minimum Gasteiger partial charge on any atom is -0.456 e. The van der Waals surface area contributed by atoms with Gasteiger partial charge in [0, 0.05) is 32.9 Å². The van der Waals surface area contributed by atoms with E-state index in [0.717, 1.165) is 49.8 Å². The molecule has 0 saturated carbocycles. The van der Waals surface area contributed by atoms with E-state index in [1.807, 2.05) is 72.8 Å². The number of aromatic nitrogens is 3. The highest BCUT2D eigenvalue weighted by Crippen LogP contribution is 2.49. The van der Waals surface area contributed by atoms with Gasteiger partial charge in [0.25, 0.3) is 0 Å². The molecular weight excluding hydrogens is 635 g/mol. The van der Waals surface area contributed by atoms with Gasteiger partial charge in [0.2, 0.25) is 0 Å². The Kier molecular flexibility index (Phi) is 6.80. The molecule has 0 fully saturated rings. The molecule has 0 unspecified atom stereocenters. The second-order valence-electron chi connectivity index (χ2n) is 14.0. The third-order valence-electron chi connectivity index (χ3n) is 10.5. The highest BCUT2D eigenvalue weighted by molar-refractivity contribution is 6.12. The van der Waals surface area contributed by atoms with E-state index < -0.39 is 0 Å². The first-order valence-corrected chi connectivity index (χ1v) is 17.7. The summed E-state index contributed by atoms with van der Waals surface area (Å²) in [5.41, 5.74) is 14.5. The number of benzene rings is 7. The molecule has 9 aromatic rings.